The molecule has 0 bridgehead atoms. The molecule has 0 atom stereocenters. The van der Waals surface area contributed by atoms with Gasteiger partial charge in [0.15, 0.2) is 0 Å². The zero-order valence-electron chi connectivity index (χ0n) is 5.97. The molecule has 5 heteroatoms. The Hall–Kier alpha value is -1.00. The summed E-state index contributed by atoms with van der Waals surface area (Å²) in [6, 6.07) is 0. The normalized spacial score (nSPS) is 10.8. The van der Waals surface area contributed by atoms with E-state index in [-0.39, 0.29) is 6.29 Å². The average Bonchev–Trinajstić information content (AvgIpc) is 1.86. The summed E-state index contributed by atoms with van der Waals surface area (Å²) in [5, 5.41) is 0. The molecule has 3 nitrogen and oxygen atoms in total. The molecule has 0 aromatic rings. The van der Waals surface area contributed by atoms with Crippen molar-refractivity contribution in [3.8, 4) is 0 Å². The first kappa shape index (κ1) is 10.0. The van der Waals surface area contributed by atoms with Gasteiger partial charge in [-0.2, -0.15) is 0 Å². The SMILES string of the molecule is COC(=O)CC(F)(F)CC=O. The van der Waals surface area contributed by atoms with E-state index in [0.717, 1.165) is 7.11 Å². The molecule has 0 aliphatic heterocycles. The molecule has 0 aliphatic rings. The molecule has 64 valence electrons. The van der Waals surface area contributed by atoms with Crippen LogP contribution < -0.4 is 0 Å². The van der Waals surface area contributed by atoms with Crippen molar-refractivity contribution in [2.24, 2.45) is 0 Å². The summed E-state index contributed by atoms with van der Waals surface area (Å²) >= 11 is 0. The van der Waals surface area contributed by atoms with Gasteiger partial charge in [-0.3, -0.25) is 4.79 Å². The predicted molar refractivity (Wildman–Crippen MR) is 32.3 cm³/mol. The molecule has 0 aliphatic carbocycles. The van der Waals surface area contributed by atoms with Crippen molar-refractivity contribution in [1.82, 2.24) is 0 Å². The van der Waals surface area contributed by atoms with Gasteiger partial charge in [0.05, 0.1) is 13.5 Å². The lowest BCUT2D eigenvalue weighted by Gasteiger charge is -2.10. The lowest BCUT2D eigenvalue weighted by molar-refractivity contribution is -0.149. The Balaban J connectivity index is 3.89. The number of aldehydes is 1. The maximum atomic E-state index is 12.3. The van der Waals surface area contributed by atoms with Gasteiger partial charge in [0.1, 0.15) is 12.7 Å². The highest BCUT2D eigenvalue weighted by molar-refractivity contribution is 5.70. The van der Waals surface area contributed by atoms with Crippen molar-refractivity contribution < 1.29 is 23.1 Å². The van der Waals surface area contributed by atoms with Crippen LogP contribution in [-0.4, -0.2) is 25.3 Å². The molecule has 0 aromatic heterocycles. The molecule has 0 rings (SSSR count). The van der Waals surface area contributed by atoms with Crippen LogP contribution in [0.1, 0.15) is 12.8 Å². The smallest absolute Gasteiger partial charge is 0.311 e. The first-order valence-electron chi connectivity index (χ1n) is 2.90. The van der Waals surface area contributed by atoms with Crippen LogP contribution >= 0.6 is 0 Å². The van der Waals surface area contributed by atoms with E-state index in [1.807, 2.05) is 0 Å². The Labute approximate surface area is 62.3 Å². The average molecular weight is 166 g/mol. The second-order valence-corrected chi connectivity index (χ2v) is 1.98. The zero-order chi connectivity index (χ0) is 8.91. The first-order valence-corrected chi connectivity index (χ1v) is 2.90. The van der Waals surface area contributed by atoms with Crippen LogP contribution in [-0.2, 0) is 14.3 Å². The fraction of sp³-hybridized carbons (Fsp3) is 0.667. The van der Waals surface area contributed by atoms with E-state index in [1.165, 1.54) is 0 Å². The van der Waals surface area contributed by atoms with Crippen LogP contribution in [0.25, 0.3) is 0 Å². The van der Waals surface area contributed by atoms with Gasteiger partial charge >= 0.3 is 5.97 Å². The van der Waals surface area contributed by atoms with E-state index in [4.69, 9.17) is 0 Å². The maximum absolute atomic E-state index is 12.3. The van der Waals surface area contributed by atoms with Crippen molar-refractivity contribution in [1.29, 1.82) is 0 Å². The summed E-state index contributed by atoms with van der Waals surface area (Å²) in [6.07, 6.45) is -1.91. The number of alkyl halides is 2. The molecule has 0 aromatic carbocycles. The number of hydrogen-bond donors (Lipinski definition) is 0. The van der Waals surface area contributed by atoms with E-state index < -0.39 is 24.7 Å². The van der Waals surface area contributed by atoms with Crippen molar-refractivity contribution in [2.75, 3.05) is 7.11 Å². The highest BCUT2D eigenvalue weighted by Crippen LogP contribution is 2.21. The van der Waals surface area contributed by atoms with Crippen LogP contribution in [0.4, 0.5) is 8.78 Å². The van der Waals surface area contributed by atoms with Gasteiger partial charge in [-0.15, -0.1) is 0 Å². The molecule has 0 unspecified atom stereocenters. The number of carbonyl (C=O) groups excluding carboxylic acids is 2. The summed E-state index contributed by atoms with van der Waals surface area (Å²) in [5.41, 5.74) is 0. The van der Waals surface area contributed by atoms with Gasteiger partial charge in [-0.25, -0.2) is 8.78 Å². The summed E-state index contributed by atoms with van der Waals surface area (Å²) in [4.78, 5) is 19.9. The number of hydrogen-bond acceptors (Lipinski definition) is 3. The Morgan fingerprint density at radius 2 is 2.18 bits per heavy atom. The van der Waals surface area contributed by atoms with Gasteiger partial charge < -0.3 is 9.53 Å². The van der Waals surface area contributed by atoms with Crippen LogP contribution in [0.3, 0.4) is 0 Å². The summed E-state index contributed by atoms with van der Waals surface area (Å²) < 4.78 is 28.7. The highest BCUT2D eigenvalue weighted by atomic mass is 19.3. The van der Waals surface area contributed by atoms with Gasteiger partial charge in [0, 0.05) is 0 Å². The third-order valence-corrected chi connectivity index (χ3v) is 1.01. The van der Waals surface area contributed by atoms with Crippen molar-refractivity contribution in [3.05, 3.63) is 0 Å². The van der Waals surface area contributed by atoms with E-state index in [9.17, 15) is 18.4 Å². The molecular formula is C6H8F2O3. The Morgan fingerprint density at radius 3 is 2.55 bits per heavy atom. The minimum Gasteiger partial charge on any atom is -0.469 e. The van der Waals surface area contributed by atoms with Crippen LogP contribution in [0.15, 0.2) is 0 Å². The molecule has 0 heterocycles. The number of halogens is 2. The third kappa shape index (κ3) is 4.41. The van der Waals surface area contributed by atoms with Gasteiger partial charge in [0.2, 0.25) is 0 Å². The van der Waals surface area contributed by atoms with Crippen molar-refractivity contribution in [3.63, 3.8) is 0 Å². The molecule has 0 saturated carbocycles. The van der Waals surface area contributed by atoms with E-state index in [0.29, 0.717) is 0 Å². The predicted octanol–water partition coefficient (Wildman–Crippen LogP) is 0.774. The molecule has 0 N–H and O–H groups in total. The monoisotopic (exact) mass is 166 g/mol. The molecular weight excluding hydrogens is 158 g/mol. The van der Waals surface area contributed by atoms with Crippen molar-refractivity contribution in [2.45, 2.75) is 18.8 Å². The fourth-order valence-corrected chi connectivity index (χ4v) is 0.477. The molecule has 0 fully saturated rings. The fourth-order valence-electron chi connectivity index (χ4n) is 0.477. The lowest BCUT2D eigenvalue weighted by Crippen LogP contribution is -2.22. The number of carbonyl (C=O) groups is 2. The summed E-state index contributed by atoms with van der Waals surface area (Å²) in [5.74, 6) is -4.29. The molecule has 0 amide bonds. The quantitative estimate of drug-likeness (QED) is 0.457. The van der Waals surface area contributed by atoms with E-state index in [1.54, 1.807) is 0 Å². The molecule has 0 spiro atoms. The topological polar surface area (TPSA) is 43.4 Å². The highest BCUT2D eigenvalue weighted by Gasteiger charge is 2.32. The Morgan fingerprint density at radius 1 is 1.64 bits per heavy atom. The minimum absolute atomic E-state index is 0.0724. The van der Waals surface area contributed by atoms with Crippen LogP contribution in [0.2, 0.25) is 0 Å². The lowest BCUT2D eigenvalue weighted by atomic mass is 10.2. The third-order valence-electron chi connectivity index (χ3n) is 1.01. The summed E-state index contributed by atoms with van der Waals surface area (Å²) in [6.45, 7) is 0. The van der Waals surface area contributed by atoms with Crippen LogP contribution in [0.5, 0.6) is 0 Å². The first-order chi connectivity index (χ1) is 5.02. The Kier molecular flexibility index (Phi) is 3.64. The largest absolute Gasteiger partial charge is 0.469 e. The van der Waals surface area contributed by atoms with Gasteiger partial charge in [0.25, 0.3) is 5.92 Å². The molecule has 0 radical (unpaired) electrons. The standard InChI is InChI=1S/C6H8F2O3/c1-11-5(10)4-6(7,8)2-3-9/h3H,2,4H2,1H3. The molecule has 11 heavy (non-hydrogen) atoms. The van der Waals surface area contributed by atoms with Gasteiger partial charge in [-0.05, 0) is 0 Å². The van der Waals surface area contributed by atoms with Crippen molar-refractivity contribution >= 4 is 12.3 Å². The van der Waals surface area contributed by atoms with Gasteiger partial charge in [-0.1, -0.05) is 0 Å². The minimum atomic E-state index is -3.27. The maximum Gasteiger partial charge on any atom is 0.311 e. The van der Waals surface area contributed by atoms with E-state index >= 15 is 0 Å². The Bertz CT molecular complexity index is 156. The second-order valence-electron chi connectivity index (χ2n) is 1.98. The second kappa shape index (κ2) is 4.00. The number of esters is 1. The number of ether oxygens (including phenoxy) is 1. The number of methoxy groups -OCH3 is 1. The molecule has 0 saturated heterocycles. The zero-order valence-corrected chi connectivity index (χ0v) is 5.97. The number of rotatable bonds is 4. The van der Waals surface area contributed by atoms with Crippen LogP contribution in [0, 0.1) is 0 Å². The van der Waals surface area contributed by atoms with E-state index in [2.05, 4.69) is 4.74 Å². The summed E-state index contributed by atoms with van der Waals surface area (Å²) in [7, 11) is 1.01.